The van der Waals surface area contributed by atoms with Gasteiger partial charge in [0.05, 0.1) is 12.2 Å². The maximum absolute atomic E-state index is 10.5. The molecule has 0 atom stereocenters. The minimum Gasteiger partial charge on any atom is -0.396 e. The molecule has 5 heteroatoms. The highest BCUT2D eigenvalue weighted by atomic mass is 16.5. The minimum atomic E-state index is -0.630. The van der Waals surface area contributed by atoms with Gasteiger partial charge in [0.1, 0.15) is 0 Å². The topological polar surface area (TPSA) is 62.2 Å². The standard InChI is InChI=1S/C14H27NO4/c1-15(11-14(17)4-8-19-9-5-14)10-13(12-16)2-6-18-7-3-13/h16-17H,2-12H2,1H3. The van der Waals surface area contributed by atoms with E-state index in [0.717, 1.165) is 32.6 Å². The zero-order valence-electron chi connectivity index (χ0n) is 11.9. The fraction of sp³-hybridized carbons (Fsp3) is 1.00. The molecule has 0 saturated carbocycles. The van der Waals surface area contributed by atoms with Crippen LogP contribution in [0.25, 0.3) is 0 Å². The number of hydrogen-bond donors (Lipinski definition) is 2. The summed E-state index contributed by atoms with van der Waals surface area (Å²) in [4.78, 5) is 2.16. The molecule has 19 heavy (non-hydrogen) atoms. The van der Waals surface area contributed by atoms with Crippen molar-refractivity contribution in [3.8, 4) is 0 Å². The van der Waals surface area contributed by atoms with Crippen LogP contribution >= 0.6 is 0 Å². The van der Waals surface area contributed by atoms with Crippen LogP contribution < -0.4 is 0 Å². The Labute approximate surface area is 115 Å². The Hall–Kier alpha value is -0.200. The van der Waals surface area contributed by atoms with Crippen LogP contribution in [0.15, 0.2) is 0 Å². The van der Waals surface area contributed by atoms with Crippen LogP contribution in [0.1, 0.15) is 25.7 Å². The lowest BCUT2D eigenvalue weighted by molar-refractivity contribution is -0.0886. The Balaban J connectivity index is 1.86. The predicted octanol–water partition coefficient (Wildman–Crippen LogP) is 0.249. The monoisotopic (exact) mass is 273 g/mol. The Bertz CT molecular complexity index is 273. The van der Waals surface area contributed by atoms with Gasteiger partial charge in [-0.15, -0.1) is 0 Å². The zero-order chi connectivity index (χ0) is 13.8. The van der Waals surface area contributed by atoms with E-state index in [1.165, 1.54) is 0 Å². The second-order valence-electron chi connectivity index (χ2n) is 6.28. The molecule has 0 aliphatic carbocycles. The van der Waals surface area contributed by atoms with E-state index in [0.29, 0.717) is 32.6 Å². The fourth-order valence-corrected chi connectivity index (χ4v) is 3.21. The summed E-state index contributed by atoms with van der Waals surface area (Å²) in [5, 5.41) is 20.2. The Kier molecular flexibility index (Phi) is 5.20. The van der Waals surface area contributed by atoms with E-state index in [1.807, 2.05) is 7.05 Å². The van der Waals surface area contributed by atoms with Gasteiger partial charge in [-0.1, -0.05) is 0 Å². The van der Waals surface area contributed by atoms with Crippen molar-refractivity contribution in [1.29, 1.82) is 0 Å². The number of likely N-dealkylation sites (N-methyl/N-ethyl adjacent to an activating group) is 1. The van der Waals surface area contributed by atoms with E-state index in [1.54, 1.807) is 0 Å². The van der Waals surface area contributed by atoms with Gasteiger partial charge in [0.15, 0.2) is 0 Å². The van der Waals surface area contributed by atoms with E-state index < -0.39 is 5.60 Å². The maximum Gasteiger partial charge on any atom is 0.0817 e. The van der Waals surface area contributed by atoms with Crippen LogP contribution in [0.4, 0.5) is 0 Å². The van der Waals surface area contributed by atoms with Crippen LogP contribution in [-0.2, 0) is 9.47 Å². The lowest BCUT2D eigenvalue weighted by atomic mass is 9.80. The van der Waals surface area contributed by atoms with Gasteiger partial charge in [0.25, 0.3) is 0 Å². The molecule has 2 N–H and O–H groups in total. The molecule has 0 radical (unpaired) electrons. The molecule has 2 fully saturated rings. The zero-order valence-corrected chi connectivity index (χ0v) is 11.9. The normalized spacial score (nSPS) is 26.5. The summed E-state index contributed by atoms with van der Waals surface area (Å²) in [6.45, 7) is 4.41. The third kappa shape index (κ3) is 4.13. The lowest BCUT2D eigenvalue weighted by Crippen LogP contribution is -2.50. The summed E-state index contributed by atoms with van der Waals surface area (Å²) >= 11 is 0. The molecule has 2 saturated heterocycles. The molecule has 0 aromatic rings. The first kappa shape index (κ1) is 15.2. The summed E-state index contributed by atoms with van der Waals surface area (Å²) in [5.41, 5.74) is -0.691. The van der Waals surface area contributed by atoms with Gasteiger partial charge in [-0.2, -0.15) is 0 Å². The average Bonchev–Trinajstić information content (AvgIpc) is 2.39. The summed E-state index contributed by atoms with van der Waals surface area (Å²) in [6.07, 6.45) is 3.20. The van der Waals surface area contributed by atoms with Crippen LogP contribution in [0.5, 0.6) is 0 Å². The van der Waals surface area contributed by atoms with Gasteiger partial charge >= 0.3 is 0 Å². The van der Waals surface area contributed by atoms with Crippen molar-refractivity contribution < 1.29 is 19.7 Å². The van der Waals surface area contributed by atoms with Crippen LogP contribution in [0.2, 0.25) is 0 Å². The van der Waals surface area contributed by atoms with Crippen LogP contribution in [0, 0.1) is 5.41 Å². The molecule has 0 spiro atoms. The first-order chi connectivity index (χ1) is 9.08. The molecular weight excluding hydrogens is 246 g/mol. The number of nitrogens with zero attached hydrogens (tertiary/aromatic N) is 1. The third-order valence-electron chi connectivity index (χ3n) is 4.48. The number of ether oxygens (including phenoxy) is 2. The molecule has 2 heterocycles. The Morgan fingerprint density at radius 3 is 2.00 bits per heavy atom. The molecule has 0 aromatic carbocycles. The molecule has 112 valence electrons. The predicted molar refractivity (Wildman–Crippen MR) is 72.1 cm³/mol. The van der Waals surface area contributed by atoms with Gasteiger partial charge in [0.2, 0.25) is 0 Å². The highest BCUT2D eigenvalue weighted by Crippen LogP contribution is 2.31. The molecular formula is C14H27NO4. The van der Waals surface area contributed by atoms with E-state index in [4.69, 9.17) is 9.47 Å². The lowest BCUT2D eigenvalue weighted by Gasteiger charge is -2.41. The molecule has 2 rings (SSSR count). The second-order valence-corrected chi connectivity index (χ2v) is 6.28. The van der Waals surface area contributed by atoms with Gasteiger partial charge in [-0.05, 0) is 19.9 Å². The summed E-state index contributed by atoms with van der Waals surface area (Å²) in [7, 11) is 2.03. The molecule has 2 aliphatic rings. The molecule has 5 nitrogen and oxygen atoms in total. The number of rotatable bonds is 5. The third-order valence-corrected chi connectivity index (χ3v) is 4.48. The number of aliphatic hydroxyl groups is 2. The highest BCUT2D eigenvalue weighted by molar-refractivity contribution is 4.88. The van der Waals surface area contributed by atoms with Crippen LogP contribution in [0.3, 0.4) is 0 Å². The van der Waals surface area contributed by atoms with Crippen molar-refractivity contribution in [3.05, 3.63) is 0 Å². The largest absolute Gasteiger partial charge is 0.396 e. The Morgan fingerprint density at radius 2 is 1.47 bits per heavy atom. The second kappa shape index (κ2) is 6.50. The van der Waals surface area contributed by atoms with E-state index in [9.17, 15) is 10.2 Å². The van der Waals surface area contributed by atoms with Gasteiger partial charge in [-0.3, -0.25) is 0 Å². The molecule has 0 bridgehead atoms. The van der Waals surface area contributed by atoms with Crippen molar-refractivity contribution in [1.82, 2.24) is 4.90 Å². The fourth-order valence-electron chi connectivity index (χ4n) is 3.21. The molecule has 0 amide bonds. The van der Waals surface area contributed by atoms with Gasteiger partial charge in [-0.25, -0.2) is 0 Å². The summed E-state index contributed by atoms with van der Waals surface area (Å²) < 4.78 is 10.7. The van der Waals surface area contributed by atoms with Crippen molar-refractivity contribution in [2.24, 2.45) is 5.41 Å². The van der Waals surface area contributed by atoms with Crippen molar-refractivity contribution in [3.63, 3.8) is 0 Å². The summed E-state index contributed by atoms with van der Waals surface area (Å²) in [5.74, 6) is 0. The molecule has 0 aromatic heterocycles. The smallest absolute Gasteiger partial charge is 0.0817 e. The first-order valence-electron chi connectivity index (χ1n) is 7.25. The maximum atomic E-state index is 10.5. The van der Waals surface area contributed by atoms with Crippen molar-refractivity contribution in [2.75, 3.05) is 53.2 Å². The molecule has 2 aliphatic heterocycles. The average molecular weight is 273 g/mol. The minimum absolute atomic E-state index is 0.0610. The van der Waals surface area contributed by atoms with Crippen LogP contribution in [-0.4, -0.2) is 73.9 Å². The Morgan fingerprint density at radius 1 is 0.947 bits per heavy atom. The van der Waals surface area contributed by atoms with E-state index in [2.05, 4.69) is 4.90 Å². The van der Waals surface area contributed by atoms with Gasteiger partial charge < -0.3 is 24.6 Å². The van der Waals surface area contributed by atoms with Crippen molar-refractivity contribution >= 4 is 0 Å². The van der Waals surface area contributed by atoms with Gasteiger partial charge in [0, 0.05) is 57.8 Å². The SMILES string of the molecule is CN(CC1(O)CCOCC1)CC1(CO)CCOCC1. The number of aliphatic hydroxyl groups excluding tert-OH is 1. The highest BCUT2D eigenvalue weighted by Gasteiger charge is 2.36. The number of hydrogen-bond acceptors (Lipinski definition) is 5. The van der Waals surface area contributed by atoms with Crippen molar-refractivity contribution in [2.45, 2.75) is 31.3 Å². The van der Waals surface area contributed by atoms with E-state index >= 15 is 0 Å². The first-order valence-corrected chi connectivity index (χ1v) is 7.25. The quantitative estimate of drug-likeness (QED) is 0.752. The summed E-state index contributed by atoms with van der Waals surface area (Å²) in [6, 6.07) is 0. The molecule has 0 unspecified atom stereocenters. The van der Waals surface area contributed by atoms with E-state index in [-0.39, 0.29) is 12.0 Å².